The molecule has 0 spiro atoms. The van der Waals surface area contributed by atoms with Crippen LogP contribution in [0.2, 0.25) is 5.02 Å². The van der Waals surface area contributed by atoms with Crippen molar-refractivity contribution in [2.45, 2.75) is 13.0 Å². The maximum absolute atomic E-state index is 14.3. The lowest BCUT2D eigenvalue weighted by Crippen LogP contribution is -2.22. The molecule has 0 atom stereocenters. The lowest BCUT2D eigenvalue weighted by atomic mass is 10.1. The van der Waals surface area contributed by atoms with E-state index >= 15 is 0 Å². The molecule has 8 heteroatoms. The largest absolute Gasteiger partial charge is 0.323 e. The van der Waals surface area contributed by atoms with Gasteiger partial charge in [0.15, 0.2) is 0 Å². The van der Waals surface area contributed by atoms with Gasteiger partial charge in [0.25, 0.3) is 11.5 Å². The van der Waals surface area contributed by atoms with Gasteiger partial charge in [-0.3, -0.25) is 14.4 Å². The van der Waals surface area contributed by atoms with Crippen molar-refractivity contribution in [2.24, 2.45) is 0 Å². The maximum atomic E-state index is 14.3. The van der Waals surface area contributed by atoms with Gasteiger partial charge in [-0.2, -0.15) is 0 Å². The molecule has 2 N–H and O–H groups in total. The van der Waals surface area contributed by atoms with Gasteiger partial charge in [0.2, 0.25) is 5.91 Å². The van der Waals surface area contributed by atoms with Crippen LogP contribution >= 0.6 is 11.6 Å². The summed E-state index contributed by atoms with van der Waals surface area (Å²) >= 11 is 6.19. The molecule has 0 fully saturated rings. The summed E-state index contributed by atoms with van der Waals surface area (Å²) in [5, 5.41) is 5.73. The Morgan fingerprint density at radius 2 is 1.63 bits per heavy atom. The van der Waals surface area contributed by atoms with Crippen LogP contribution in [0.5, 0.6) is 0 Å². The first-order chi connectivity index (χ1) is 16.9. The zero-order valence-corrected chi connectivity index (χ0v) is 19.3. The van der Waals surface area contributed by atoms with Crippen LogP contribution in [0.3, 0.4) is 0 Å². The first-order valence-electron chi connectivity index (χ1n) is 10.8. The van der Waals surface area contributed by atoms with Gasteiger partial charge in [0, 0.05) is 23.0 Å². The maximum Gasteiger partial charge on any atom is 0.257 e. The molecule has 35 heavy (non-hydrogen) atoms. The van der Waals surface area contributed by atoms with Gasteiger partial charge >= 0.3 is 0 Å². The number of nitrogens with one attached hydrogen (secondary N) is 2. The number of carbonyl (C=O) groups is 2. The lowest BCUT2D eigenvalue weighted by molar-refractivity contribution is -0.115. The zero-order chi connectivity index (χ0) is 24.8. The number of pyridine rings is 1. The fourth-order valence-electron chi connectivity index (χ4n) is 3.48. The summed E-state index contributed by atoms with van der Waals surface area (Å²) in [5.74, 6) is -1.51. The summed E-state index contributed by atoms with van der Waals surface area (Å²) in [5.41, 5.74) is 1.72. The van der Waals surface area contributed by atoms with Crippen molar-refractivity contribution in [1.29, 1.82) is 0 Å². The van der Waals surface area contributed by atoms with Crippen molar-refractivity contribution >= 4 is 34.8 Å². The van der Waals surface area contributed by atoms with Crippen LogP contribution in [0.4, 0.5) is 15.8 Å². The third-order valence-corrected chi connectivity index (χ3v) is 5.62. The van der Waals surface area contributed by atoms with Gasteiger partial charge in [0.05, 0.1) is 24.2 Å². The molecule has 176 valence electrons. The monoisotopic (exact) mass is 489 g/mol. The second-order valence-electron chi connectivity index (χ2n) is 7.83. The molecule has 1 aromatic heterocycles. The van der Waals surface area contributed by atoms with Crippen molar-refractivity contribution < 1.29 is 14.0 Å². The summed E-state index contributed by atoms with van der Waals surface area (Å²) in [4.78, 5) is 37.4. The molecular weight excluding hydrogens is 469 g/mol. The van der Waals surface area contributed by atoms with Crippen molar-refractivity contribution in [3.8, 4) is 0 Å². The standard InChI is InChI=1S/C27H21ClFN3O3/c28-22-9-5-4-8-19(22)16-32-17-20(10-13-26(32)34)27(35)30-21-11-12-23(29)24(15-21)31-25(33)14-18-6-2-1-3-7-18/h1-13,15,17H,14,16H2,(H,30,35)(H,31,33). The van der Waals surface area contributed by atoms with Crippen LogP contribution in [-0.2, 0) is 17.8 Å². The molecule has 0 aliphatic heterocycles. The average Bonchev–Trinajstić information content (AvgIpc) is 2.84. The number of halogens is 2. The number of carbonyl (C=O) groups excluding carboxylic acids is 2. The Kier molecular flexibility index (Phi) is 7.38. The predicted molar refractivity (Wildman–Crippen MR) is 134 cm³/mol. The van der Waals surface area contributed by atoms with Crippen LogP contribution < -0.4 is 16.2 Å². The van der Waals surface area contributed by atoms with E-state index in [-0.39, 0.29) is 41.4 Å². The van der Waals surface area contributed by atoms with E-state index in [2.05, 4.69) is 10.6 Å². The van der Waals surface area contributed by atoms with E-state index in [0.717, 1.165) is 17.2 Å². The number of amides is 2. The first-order valence-corrected chi connectivity index (χ1v) is 11.2. The third-order valence-electron chi connectivity index (χ3n) is 5.25. The van der Waals surface area contributed by atoms with E-state index in [1.165, 1.54) is 35.0 Å². The molecule has 0 saturated carbocycles. The minimum Gasteiger partial charge on any atom is -0.323 e. The molecule has 3 aromatic carbocycles. The molecule has 1 heterocycles. The van der Waals surface area contributed by atoms with Crippen LogP contribution in [0, 0.1) is 5.82 Å². The quantitative estimate of drug-likeness (QED) is 0.378. The van der Waals surface area contributed by atoms with Crippen LogP contribution in [0.1, 0.15) is 21.5 Å². The van der Waals surface area contributed by atoms with Gasteiger partial charge in [-0.15, -0.1) is 0 Å². The van der Waals surface area contributed by atoms with Crippen LogP contribution in [-0.4, -0.2) is 16.4 Å². The Morgan fingerprint density at radius 1 is 0.886 bits per heavy atom. The molecule has 2 amide bonds. The zero-order valence-electron chi connectivity index (χ0n) is 18.5. The SMILES string of the molecule is O=C(Cc1ccccc1)Nc1cc(NC(=O)c2ccc(=O)n(Cc3ccccc3Cl)c2)ccc1F. The highest BCUT2D eigenvalue weighted by atomic mass is 35.5. The lowest BCUT2D eigenvalue weighted by Gasteiger charge is -2.12. The van der Waals surface area contributed by atoms with E-state index in [4.69, 9.17) is 11.6 Å². The van der Waals surface area contributed by atoms with Gasteiger partial charge in [-0.25, -0.2) is 4.39 Å². The van der Waals surface area contributed by atoms with E-state index in [0.29, 0.717) is 5.02 Å². The summed E-state index contributed by atoms with van der Waals surface area (Å²) in [6.07, 6.45) is 1.52. The molecule has 0 aliphatic rings. The van der Waals surface area contributed by atoms with Crippen molar-refractivity contribution in [3.63, 3.8) is 0 Å². The number of hydrogen-bond acceptors (Lipinski definition) is 3. The Bertz CT molecular complexity index is 1440. The second kappa shape index (κ2) is 10.8. The topological polar surface area (TPSA) is 80.2 Å². The Balaban J connectivity index is 1.47. The first kappa shape index (κ1) is 23.9. The molecule has 4 rings (SSSR count). The molecule has 6 nitrogen and oxygen atoms in total. The molecular formula is C27H21ClFN3O3. The minimum absolute atomic E-state index is 0.0487. The minimum atomic E-state index is -0.627. The average molecular weight is 490 g/mol. The summed E-state index contributed by atoms with van der Waals surface area (Å²) in [6.45, 7) is 0.202. The Morgan fingerprint density at radius 3 is 2.40 bits per heavy atom. The number of nitrogens with zero attached hydrogens (tertiary/aromatic N) is 1. The van der Waals surface area contributed by atoms with Crippen molar-refractivity contribution in [2.75, 3.05) is 10.6 Å². The van der Waals surface area contributed by atoms with Gasteiger partial charge < -0.3 is 15.2 Å². The van der Waals surface area contributed by atoms with Gasteiger partial charge in [-0.1, -0.05) is 60.1 Å². The molecule has 0 unspecified atom stereocenters. The molecule has 4 aromatic rings. The molecule has 0 bridgehead atoms. The highest BCUT2D eigenvalue weighted by Gasteiger charge is 2.13. The molecule has 0 radical (unpaired) electrons. The van der Waals surface area contributed by atoms with Gasteiger partial charge in [0.1, 0.15) is 5.82 Å². The van der Waals surface area contributed by atoms with Crippen LogP contribution in [0.15, 0.2) is 95.9 Å². The molecule has 0 saturated heterocycles. The second-order valence-corrected chi connectivity index (χ2v) is 8.24. The Labute approximate surface area is 206 Å². The number of aromatic nitrogens is 1. The summed E-state index contributed by atoms with van der Waals surface area (Å²) in [6, 6.07) is 22.8. The van der Waals surface area contributed by atoms with E-state index in [9.17, 15) is 18.8 Å². The summed E-state index contributed by atoms with van der Waals surface area (Å²) < 4.78 is 15.7. The number of rotatable bonds is 7. The third kappa shape index (κ3) is 6.22. The Hall–Kier alpha value is -4.23. The smallest absolute Gasteiger partial charge is 0.257 e. The normalized spacial score (nSPS) is 10.6. The van der Waals surface area contributed by atoms with Crippen molar-refractivity contribution in [3.05, 3.63) is 129 Å². The highest BCUT2D eigenvalue weighted by molar-refractivity contribution is 6.31. The molecule has 0 aliphatic carbocycles. The highest BCUT2D eigenvalue weighted by Crippen LogP contribution is 2.21. The number of benzene rings is 3. The predicted octanol–water partition coefficient (Wildman–Crippen LogP) is 5.12. The van der Waals surface area contributed by atoms with E-state index in [1.807, 2.05) is 24.3 Å². The van der Waals surface area contributed by atoms with E-state index in [1.54, 1.807) is 30.3 Å². The number of anilines is 2. The fraction of sp³-hybridized carbons (Fsp3) is 0.0741. The fourth-order valence-corrected chi connectivity index (χ4v) is 3.67. The van der Waals surface area contributed by atoms with Gasteiger partial charge in [-0.05, 0) is 41.5 Å². The van der Waals surface area contributed by atoms with E-state index < -0.39 is 11.7 Å². The van der Waals surface area contributed by atoms with Crippen LogP contribution in [0.25, 0.3) is 0 Å². The summed E-state index contributed by atoms with van der Waals surface area (Å²) in [7, 11) is 0. The van der Waals surface area contributed by atoms with Crippen molar-refractivity contribution in [1.82, 2.24) is 4.57 Å². The number of hydrogen-bond donors (Lipinski definition) is 2.